The standard InChI is InChI=1S/C9H12ClN5O/c1-9(2)4(3-10)12-5-6(15-9)13-8(11)14-7(5)16/h3H2,1-2H3,(H4,11,13,14,15,16). The Balaban J connectivity index is 2.65. The molecular weight excluding hydrogens is 230 g/mol. The highest BCUT2D eigenvalue weighted by molar-refractivity contribution is 6.31. The van der Waals surface area contributed by atoms with Crippen LogP contribution in [0.5, 0.6) is 0 Å². The van der Waals surface area contributed by atoms with Gasteiger partial charge in [-0.3, -0.25) is 9.78 Å². The van der Waals surface area contributed by atoms with Crippen LogP contribution in [-0.4, -0.2) is 27.1 Å². The monoisotopic (exact) mass is 241 g/mol. The number of hydrogen-bond acceptors (Lipinski definition) is 5. The molecule has 0 bridgehead atoms. The molecule has 4 N–H and O–H groups in total. The summed E-state index contributed by atoms with van der Waals surface area (Å²) in [6.07, 6.45) is 0. The molecule has 0 unspecified atom stereocenters. The molecule has 0 atom stereocenters. The molecule has 0 saturated carbocycles. The van der Waals surface area contributed by atoms with Crippen molar-refractivity contribution < 1.29 is 0 Å². The number of halogens is 1. The fraction of sp³-hybridized carbons (Fsp3) is 0.444. The number of nitrogens with one attached hydrogen (secondary N) is 2. The van der Waals surface area contributed by atoms with Crippen LogP contribution < -0.4 is 16.6 Å². The lowest BCUT2D eigenvalue weighted by atomic mass is 9.97. The van der Waals surface area contributed by atoms with Gasteiger partial charge in [0.15, 0.2) is 11.5 Å². The molecule has 6 nitrogen and oxygen atoms in total. The maximum Gasteiger partial charge on any atom is 0.280 e. The highest BCUT2D eigenvalue weighted by Gasteiger charge is 2.31. The molecule has 2 rings (SSSR count). The van der Waals surface area contributed by atoms with Crippen molar-refractivity contribution in [1.29, 1.82) is 0 Å². The van der Waals surface area contributed by atoms with E-state index < -0.39 is 5.54 Å². The fourth-order valence-corrected chi connectivity index (χ4v) is 1.91. The molecule has 7 heteroatoms. The molecule has 0 amide bonds. The lowest BCUT2D eigenvalue weighted by Crippen LogP contribution is -2.44. The molecule has 2 heterocycles. The Morgan fingerprint density at radius 3 is 2.81 bits per heavy atom. The Hall–Kier alpha value is -1.56. The molecule has 0 saturated heterocycles. The molecule has 1 aromatic heterocycles. The van der Waals surface area contributed by atoms with Gasteiger partial charge in [-0.05, 0) is 13.8 Å². The topological polar surface area (TPSA) is 96.2 Å². The van der Waals surface area contributed by atoms with Crippen molar-refractivity contribution in [2.45, 2.75) is 19.4 Å². The zero-order chi connectivity index (χ0) is 11.9. The van der Waals surface area contributed by atoms with Crippen LogP contribution in [0.15, 0.2) is 9.79 Å². The lowest BCUT2D eigenvalue weighted by molar-refractivity contribution is 0.739. The minimum absolute atomic E-state index is 0.0663. The van der Waals surface area contributed by atoms with Gasteiger partial charge in [0, 0.05) is 0 Å². The molecule has 1 aliphatic heterocycles. The third-order valence-electron chi connectivity index (χ3n) is 2.44. The van der Waals surface area contributed by atoms with Gasteiger partial charge in [-0.2, -0.15) is 4.98 Å². The van der Waals surface area contributed by atoms with Crippen molar-refractivity contribution in [3.63, 3.8) is 0 Å². The zero-order valence-electron chi connectivity index (χ0n) is 8.97. The van der Waals surface area contributed by atoms with Gasteiger partial charge in [0.2, 0.25) is 5.95 Å². The number of alkyl halides is 1. The largest absolute Gasteiger partial charge is 0.369 e. The third kappa shape index (κ3) is 1.65. The second-order valence-corrected chi connectivity index (χ2v) is 4.36. The summed E-state index contributed by atoms with van der Waals surface area (Å²) in [5.74, 6) is 0.708. The highest BCUT2D eigenvalue weighted by Crippen LogP contribution is 2.29. The van der Waals surface area contributed by atoms with Gasteiger partial charge in [-0.25, -0.2) is 4.99 Å². The number of nitrogens with two attached hydrogens (primary N) is 1. The van der Waals surface area contributed by atoms with Gasteiger partial charge in [0.1, 0.15) is 0 Å². The number of anilines is 2. The Morgan fingerprint density at radius 1 is 1.50 bits per heavy atom. The molecule has 1 aromatic rings. The Kier molecular flexibility index (Phi) is 2.38. The van der Waals surface area contributed by atoms with E-state index in [0.717, 1.165) is 0 Å². The molecule has 0 spiro atoms. The summed E-state index contributed by atoms with van der Waals surface area (Å²) < 4.78 is 0. The Labute approximate surface area is 96.9 Å². The van der Waals surface area contributed by atoms with E-state index >= 15 is 0 Å². The summed E-state index contributed by atoms with van der Waals surface area (Å²) in [5.41, 5.74) is 5.58. The molecule has 0 aliphatic carbocycles. The number of hydrogen-bond donors (Lipinski definition) is 3. The fourth-order valence-electron chi connectivity index (χ4n) is 1.52. The van der Waals surface area contributed by atoms with Gasteiger partial charge in [0.05, 0.1) is 17.1 Å². The van der Waals surface area contributed by atoms with Crippen LogP contribution >= 0.6 is 11.6 Å². The van der Waals surface area contributed by atoms with Crippen molar-refractivity contribution >= 4 is 34.8 Å². The van der Waals surface area contributed by atoms with Crippen molar-refractivity contribution in [2.24, 2.45) is 4.99 Å². The van der Waals surface area contributed by atoms with Crippen LogP contribution in [0.3, 0.4) is 0 Å². The van der Waals surface area contributed by atoms with E-state index in [9.17, 15) is 4.79 Å². The van der Waals surface area contributed by atoms with Crippen molar-refractivity contribution in [3.05, 3.63) is 10.4 Å². The predicted octanol–water partition coefficient (Wildman–Crippen LogP) is 0.867. The summed E-state index contributed by atoms with van der Waals surface area (Å²) in [4.78, 5) is 22.2. The number of nitrogens with zero attached hydrogens (tertiary/aromatic N) is 2. The van der Waals surface area contributed by atoms with Crippen molar-refractivity contribution in [2.75, 3.05) is 16.9 Å². The van der Waals surface area contributed by atoms with Crippen LogP contribution in [0.1, 0.15) is 13.8 Å². The molecule has 0 fully saturated rings. The van der Waals surface area contributed by atoms with Crippen LogP contribution in [0.25, 0.3) is 0 Å². The normalized spacial score (nSPS) is 17.3. The van der Waals surface area contributed by atoms with Gasteiger partial charge in [-0.15, -0.1) is 11.6 Å². The number of aliphatic imine (C=N–C) groups is 1. The van der Waals surface area contributed by atoms with E-state index in [1.807, 2.05) is 13.8 Å². The number of nitrogen functional groups attached to an aromatic ring is 1. The van der Waals surface area contributed by atoms with Crippen LogP contribution in [0.2, 0.25) is 0 Å². The molecule has 0 radical (unpaired) electrons. The third-order valence-corrected chi connectivity index (χ3v) is 2.69. The quantitative estimate of drug-likeness (QED) is 0.636. The highest BCUT2D eigenvalue weighted by atomic mass is 35.5. The van der Waals surface area contributed by atoms with Crippen molar-refractivity contribution in [3.8, 4) is 0 Å². The lowest BCUT2D eigenvalue weighted by Gasteiger charge is -2.31. The van der Waals surface area contributed by atoms with E-state index in [-0.39, 0.29) is 23.1 Å². The first kappa shape index (κ1) is 10.9. The minimum Gasteiger partial charge on any atom is -0.369 e. The average molecular weight is 242 g/mol. The Bertz CT molecular complexity index is 519. The number of aromatic amines is 1. The number of aromatic nitrogens is 2. The van der Waals surface area contributed by atoms with Gasteiger partial charge < -0.3 is 11.1 Å². The molecule has 0 aromatic carbocycles. The number of H-pyrrole nitrogens is 1. The minimum atomic E-state index is -0.429. The van der Waals surface area contributed by atoms with E-state index in [2.05, 4.69) is 20.3 Å². The maximum absolute atomic E-state index is 11.6. The molecule has 16 heavy (non-hydrogen) atoms. The summed E-state index contributed by atoms with van der Waals surface area (Å²) in [5, 5.41) is 3.09. The summed E-state index contributed by atoms with van der Waals surface area (Å²) in [7, 11) is 0. The summed E-state index contributed by atoms with van der Waals surface area (Å²) in [6, 6.07) is 0. The van der Waals surface area contributed by atoms with Gasteiger partial charge in [-0.1, -0.05) is 0 Å². The van der Waals surface area contributed by atoms with E-state index in [0.29, 0.717) is 11.5 Å². The predicted molar refractivity (Wildman–Crippen MR) is 64.8 cm³/mol. The van der Waals surface area contributed by atoms with Gasteiger partial charge in [0.25, 0.3) is 5.56 Å². The average Bonchev–Trinajstić information content (AvgIpc) is 2.14. The van der Waals surface area contributed by atoms with E-state index in [1.54, 1.807) is 0 Å². The second-order valence-electron chi connectivity index (χ2n) is 4.09. The molecule has 1 aliphatic rings. The number of rotatable bonds is 1. The molecule has 86 valence electrons. The van der Waals surface area contributed by atoms with Crippen LogP contribution in [0.4, 0.5) is 17.5 Å². The smallest absolute Gasteiger partial charge is 0.280 e. The number of fused-ring (bicyclic) bond motifs is 1. The Morgan fingerprint density at radius 2 is 2.19 bits per heavy atom. The van der Waals surface area contributed by atoms with Gasteiger partial charge >= 0.3 is 0 Å². The molecular formula is C9H12ClN5O. The SMILES string of the molecule is CC1(C)Nc2nc(N)[nH]c(=O)c2N=C1CCl. The first-order valence-corrected chi connectivity index (χ1v) is 5.29. The van der Waals surface area contributed by atoms with Crippen molar-refractivity contribution in [1.82, 2.24) is 9.97 Å². The second kappa shape index (κ2) is 3.48. The maximum atomic E-state index is 11.6. The van der Waals surface area contributed by atoms with Crippen LogP contribution in [0, 0.1) is 0 Å². The van der Waals surface area contributed by atoms with Crippen LogP contribution in [-0.2, 0) is 0 Å². The first-order chi connectivity index (χ1) is 7.44. The first-order valence-electron chi connectivity index (χ1n) is 4.76. The zero-order valence-corrected chi connectivity index (χ0v) is 9.72. The summed E-state index contributed by atoms with van der Waals surface area (Å²) in [6.45, 7) is 3.83. The van der Waals surface area contributed by atoms with E-state index in [1.165, 1.54) is 0 Å². The van der Waals surface area contributed by atoms with E-state index in [4.69, 9.17) is 17.3 Å². The summed E-state index contributed by atoms with van der Waals surface area (Å²) >= 11 is 5.79.